The van der Waals surface area contributed by atoms with E-state index >= 15 is 0 Å². The van der Waals surface area contributed by atoms with Crippen molar-refractivity contribution < 1.29 is 22.7 Å². The fourth-order valence-corrected chi connectivity index (χ4v) is 1.56. The lowest BCUT2D eigenvalue weighted by Gasteiger charge is -2.17. The summed E-state index contributed by atoms with van der Waals surface area (Å²) in [7, 11) is 0. The van der Waals surface area contributed by atoms with Gasteiger partial charge in [-0.1, -0.05) is 13.0 Å². The Hall–Kier alpha value is -1.85. The Morgan fingerprint density at radius 2 is 2.06 bits per heavy atom. The van der Waals surface area contributed by atoms with Crippen LogP contribution in [0.25, 0.3) is 0 Å². The number of hydrogen-bond acceptors (Lipinski definition) is 3. The van der Waals surface area contributed by atoms with Gasteiger partial charge in [-0.25, -0.2) is 0 Å². The summed E-state index contributed by atoms with van der Waals surface area (Å²) in [5.74, 6) is -1.14. The molecule has 1 aromatic rings. The molecule has 17 heavy (non-hydrogen) atoms. The van der Waals surface area contributed by atoms with Crippen LogP contribution in [0, 0.1) is 5.92 Å². The molecule has 1 heterocycles. The van der Waals surface area contributed by atoms with Gasteiger partial charge in [0.2, 0.25) is 0 Å². The Bertz CT molecular complexity index is 494. The second-order valence-corrected chi connectivity index (χ2v) is 3.63. The van der Waals surface area contributed by atoms with Crippen molar-refractivity contribution in [1.29, 1.82) is 0 Å². The number of rotatable bonds is 1. The SMILES string of the molecule is CC1C=Nc2c(OC(F)(F)F)cccc2C1=O. The molecule has 90 valence electrons. The van der Waals surface area contributed by atoms with E-state index in [1.807, 2.05) is 0 Å². The van der Waals surface area contributed by atoms with E-state index in [4.69, 9.17) is 0 Å². The molecule has 0 spiro atoms. The number of ketones is 1. The lowest BCUT2D eigenvalue weighted by molar-refractivity contribution is -0.274. The lowest BCUT2D eigenvalue weighted by Crippen LogP contribution is -2.20. The van der Waals surface area contributed by atoms with Gasteiger partial charge in [0.05, 0.1) is 5.92 Å². The van der Waals surface area contributed by atoms with Gasteiger partial charge >= 0.3 is 6.36 Å². The highest BCUT2D eigenvalue weighted by Crippen LogP contribution is 2.37. The van der Waals surface area contributed by atoms with Gasteiger partial charge < -0.3 is 4.74 Å². The predicted molar refractivity (Wildman–Crippen MR) is 54.8 cm³/mol. The number of alkyl halides is 3. The van der Waals surface area contributed by atoms with Crippen LogP contribution in [0.2, 0.25) is 0 Å². The minimum Gasteiger partial charge on any atom is -0.403 e. The number of carbonyl (C=O) groups is 1. The van der Waals surface area contributed by atoms with Gasteiger partial charge in [-0.3, -0.25) is 9.79 Å². The van der Waals surface area contributed by atoms with Crippen molar-refractivity contribution in [2.45, 2.75) is 13.3 Å². The van der Waals surface area contributed by atoms with Gasteiger partial charge in [-0.05, 0) is 12.1 Å². The Morgan fingerprint density at radius 3 is 2.71 bits per heavy atom. The normalized spacial score (nSPS) is 19.1. The third kappa shape index (κ3) is 2.30. The smallest absolute Gasteiger partial charge is 0.403 e. The number of carbonyl (C=O) groups excluding carboxylic acids is 1. The molecule has 1 aliphatic rings. The van der Waals surface area contributed by atoms with Crippen molar-refractivity contribution in [2.24, 2.45) is 10.9 Å². The van der Waals surface area contributed by atoms with Crippen LogP contribution >= 0.6 is 0 Å². The summed E-state index contributed by atoms with van der Waals surface area (Å²) in [6.07, 6.45) is -3.48. The molecule has 6 heteroatoms. The van der Waals surface area contributed by atoms with Crippen molar-refractivity contribution in [3.63, 3.8) is 0 Å². The summed E-state index contributed by atoms with van der Waals surface area (Å²) in [6.45, 7) is 1.63. The van der Waals surface area contributed by atoms with Gasteiger partial charge in [-0.15, -0.1) is 13.2 Å². The maximum atomic E-state index is 12.1. The van der Waals surface area contributed by atoms with Crippen LogP contribution in [0.3, 0.4) is 0 Å². The van der Waals surface area contributed by atoms with E-state index in [1.54, 1.807) is 6.92 Å². The average Bonchev–Trinajstić information content (AvgIpc) is 2.22. The van der Waals surface area contributed by atoms with Gasteiger partial charge in [0.15, 0.2) is 11.5 Å². The standard InChI is InChI=1S/C11H8F3NO2/c1-6-5-15-9-7(10(6)16)3-2-4-8(9)17-11(12,13)14/h2-6H,1H3. The third-order valence-electron chi connectivity index (χ3n) is 2.33. The van der Waals surface area contributed by atoms with Gasteiger partial charge in [0, 0.05) is 11.8 Å². The minimum absolute atomic E-state index is 0.0621. The monoisotopic (exact) mass is 243 g/mol. The molecule has 1 atom stereocenters. The highest BCUT2D eigenvalue weighted by Gasteiger charge is 2.34. The average molecular weight is 243 g/mol. The predicted octanol–water partition coefficient (Wildman–Crippen LogP) is 3.12. The molecule has 0 N–H and O–H groups in total. The Balaban J connectivity index is 2.47. The third-order valence-corrected chi connectivity index (χ3v) is 2.33. The van der Waals surface area contributed by atoms with Crippen LogP contribution < -0.4 is 4.74 Å². The summed E-state index contributed by atoms with van der Waals surface area (Å²) < 4.78 is 40.2. The molecular weight excluding hydrogens is 235 g/mol. The maximum absolute atomic E-state index is 12.1. The number of halogens is 3. The summed E-state index contributed by atoms with van der Waals surface area (Å²) >= 11 is 0. The molecule has 0 amide bonds. The molecule has 1 aliphatic heterocycles. The summed E-state index contributed by atoms with van der Waals surface area (Å²) in [4.78, 5) is 15.5. The van der Waals surface area contributed by atoms with E-state index in [0.29, 0.717) is 0 Å². The van der Waals surface area contributed by atoms with Crippen LogP contribution in [-0.2, 0) is 0 Å². The van der Waals surface area contributed by atoms with E-state index in [9.17, 15) is 18.0 Å². The van der Waals surface area contributed by atoms with Crippen LogP contribution in [-0.4, -0.2) is 18.4 Å². The number of benzene rings is 1. The molecular formula is C11H8F3NO2. The zero-order chi connectivity index (χ0) is 12.6. The zero-order valence-electron chi connectivity index (χ0n) is 8.78. The summed E-state index contributed by atoms with van der Waals surface area (Å²) in [5, 5.41) is 0. The molecule has 0 aliphatic carbocycles. The number of Topliss-reactive ketones (excluding diaryl/α,β-unsaturated/α-hetero) is 1. The first-order chi connectivity index (χ1) is 7.88. The topological polar surface area (TPSA) is 38.7 Å². The quantitative estimate of drug-likeness (QED) is 0.760. The van der Waals surface area contributed by atoms with Gasteiger partial charge in [0.25, 0.3) is 0 Å². The van der Waals surface area contributed by atoms with E-state index in [0.717, 1.165) is 6.07 Å². The number of ether oxygens (including phenoxy) is 1. The molecule has 0 radical (unpaired) electrons. The highest BCUT2D eigenvalue weighted by atomic mass is 19.4. The van der Waals surface area contributed by atoms with Crippen LogP contribution in [0.5, 0.6) is 5.75 Å². The van der Waals surface area contributed by atoms with E-state index < -0.39 is 18.0 Å². The number of fused-ring (bicyclic) bond motifs is 1. The highest BCUT2D eigenvalue weighted by molar-refractivity contribution is 6.12. The van der Waals surface area contributed by atoms with E-state index in [-0.39, 0.29) is 17.0 Å². The fraction of sp³-hybridized carbons (Fsp3) is 0.273. The molecule has 1 aromatic carbocycles. The molecule has 0 saturated heterocycles. The summed E-state index contributed by atoms with van der Waals surface area (Å²) in [6, 6.07) is 3.91. The first kappa shape index (κ1) is 11.6. The van der Waals surface area contributed by atoms with Crippen molar-refractivity contribution in [3.05, 3.63) is 23.8 Å². The molecule has 2 rings (SSSR count). The number of hydrogen-bond donors (Lipinski definition) is 0. The molecule has 1 unspecified atom stereocenters. The Kier molecular flexibility index (Phi) is 2.65. The van der Waals surface area contributed by atoms with Gasteiger partial charge in [-0.2, -0.15) is 0 Å². The first-order valence-corrected chi connectivity index (χ1v) is 4.85. The maximum Gasteiger partial charge on any atom is 0.573 e. The van der Waals surface area contributed by atoms with Crippen LogP contribution in [0.4, 0.5) is 18.9 Å². The second-order valence-electron chi connectivity index (χ2n) is 3.63. The van der Waals surface area contributed by atoms with E-state index in [2.05, 4.69) is 9.73 Å². The van der Waals surface area contributed by atoms with Crippen LogP contribution in [0.15, 0.2) is 23.2 Å². The molecule has 0 saturated carbocycles. The van der Waals surface area contributed by atoms with Crippen molar-refractivity contribution in [2.75, 3.05) is 0 Å². The Labute approximate surface area is 94.9 Å². The molecule has 0 bridgehead atoms. The molecule has 0 fully saturated rings. The molecule has 3 nitrogen and oxygen atoms in total. The van der Waals surface area contributed by atoms with Crippen molar-refractivity contribution in [1.82, 2.24) is 0 Å². The largest absolute Gasteiger partial charge is 0.573 e. The lowest BCUT2D eigenvalue weighted by atomic mass is 9.96. The zero-order valence-corrected chi connectivity index (χ0v) is 8.78. The number of nitrogens with zero attached hydrogens (tertiary/aromatic N) is 1. The summed E-state index contributed by atoms with van der Waals surface area (Å²) in [5.41, 5.74) is 0.0923. The number of aliphatic imine (C=N–C) groups is 1. The van der Waals surface area contributed by atoms with Crippen LogP contribution in [0.1, 0.15) is 17.3 Å². The van der Waals surface area contributed by atoms with Crippen molar-refractivity contribution >= 4 is 17.7 Å². The minimum atomic E-state index is -4.79. The van der Waals surface area contributed by atoms with Gasteiger partial charge in [0.1, 0.15) is 5.69 Å². The second kappa shape index (κ2) is 3.87. The Morgan fingerprint density at radius 1 is 1.35 bits per heavy atom. The number of para-hydroxylation sites is 1. The first-order valence-electron chi connectivity index (χ1n) is 4.85. The fourth-order valence-electron chi connectivity index (χ4n) is 1.56. The van der Waals surface area contributed by atoms with E-state index in [1.165, 1.54) is 18.3 Å². The molecule has 0 aromatic heterocycles. The van der Waals surface area contributed by atoms with Crippen molar-refractivity contribution in [3.8, 4) is 5.75 Å².